The van der Waals surface area contributed by atoms with Crippen molar-refractivity contribution in [1.29, 1.82) is 0 Å². The van der Waals surface area contributed by atoms with Gasteiger partial charge in [-0.15, -0.1) is 28.3 Å². The Labute approximate surface area is 167 Å². The monoisotopic (exact) mass is 433 g/mol. The second kappa shape index (κ2) is 9.94. The van der Waals surface area contributed by atoms with Crippen LogP contribution in [0.15, 0.2) is 59.0 Å². The number of hydrogen-bond donors (Lipinski definition) is 1. The highest BCUT2D eigenvalue weighted by Crippen LogP contribution is 2.26. The number of anilines is 1. The Bertz CT molecular complexity index is 833. The van der Waals surface area contributed by atoms with Gasteiger partial charge in [0.05, 0.1) is 25.6 Å². The van der Waals surface area contributed by atoms with Crippen molar-refractivity contribution in [2.24, 2.45) is 5.10 Å². The minimum absolute atomic E-state index is 0. The third kappa shape index (κ3) is 5.31. The maximum Gasteiger partial charge on any atom is 0.203 e. The quantitative estimate of drug-likeness (QED) is 0.408. The molecule has 0 saturated carbocycles. The highest BCUT2D eigenvalue weighted by atomic mass is 79.9. The van der Waals surface area contributed by atoms with Crippen molar-refractivity contribution in [3.05, 3.63) is 59.5 Å². The Kier molecular flexibility index (Phi) is 7.62. The van der Waals surface area contributed by atoms with Crippen LogP contribution < -0.4 is 14.9 Å². The molecule has 3 aromatic rings. The van der Waals surface area contributed by atoms with Crippen LogP contribution in [0.4, 0.5) is 5.13 Å². The fourth-order valence-electron chi connectivity index (χ4n) is 2.20. The van der Waals surface area contributed by atoms with E-state index >= 15 is 0 Å². The Morgan fingerprint density at radius 1 is 1.08 bits per heavy atom. The Balaban J connectivity index is 0.00000243. The second-order valence-corrected chi connectivity index (χ2v) is 6.00. The van der Waals surface area contributed by atoms with E-state index in [9.17, 15) is 0 Å². The number of aromatic nitrogens is 1. The summed E-state index contributed by atoms with van der Waals surface area (Å²) in [4.78, 5) is 4.54. The molecule has 3 rings (SSSR count). The number of halogens is 1. The van der Waals surface area contributed by atoms with E-state index in [2.05, 4.69) is 15.5 Å². The lowest BCUT2D eigenvalue weighted by Crippen LogP contribution is -1.92. The summed E-state index contributed by atoms with van der Waals surface area (Å²) in [5.41, 5.74) is 5.91. The first-order chi connectivity index (χ1) is 12.3. The van der Waals surface area contributed by atoms with E-state index in [1.165, 1.54) is 11.3 Å². The van der Waals surface area contributed by atoms with Gasteiger partial charge in [0.1, 0.15) is 11.5 Å². The van der Waals surface area contributed by atoms with Gasteiger partial charge in [-0.3, -0.25) is 5.43 Å². The van der Waals surface area contributed by atoms with Crippen molar-refractivity contribution in [1.82, 2.24) is 4.98 Å². The highest BCUT2D eigenvalue weighted by Gasteiger charge is 2.04. The molecule has 0 spiro atoms. The number of benzene rings is 2. The third-order valence-corrected chi connectivity index (χ3v) is 4.20. The lowest BCUT2D eigenvalue weighted by atomic mass is 10.2. The molecular weight excluding hydrogens is 414 g/mol. The molecular formula is C19H20BrN3O2S. The Hall–Kier alpha value is -2.38. The number of ether oxygens (including phenoxy) is 2. The number of hydrazone groups is 1. The van der Waals surface area contributed by atoms with Crippen molar-refractivity contribution in [3.63, 3.8) is 0 Å². The largest absolute Gasteiger partial charge is 0.497 e. The van der Waals surface area contributed by atoms with Crippen LogP contribution in [0, 0.1) is 0 Å². The summed E-state index contributed by atoms with van der Waals surface area (Å²) in [5, 5.41) is 6.97. The van der Waals surface area contributed by atoms with E-state index in [1.807, 2.05) is 60.8 Å². The minimum atomic E-state index is 0. The normalized spacial score (nSPS) is 10.4. The molecule has 0 radical (unpaired) electrons. The molecule has 2 aromatic carbocycles. The summed E-state index contributed by atoms with van der Waals surface area (Å²) in [6, 6.07) is 15.6. The zero-order valence-corrected chi connectivity index (χ0v) is 17.0. The molecule has 136 valence electrons. The summed E-state index contributed by atoms with van der Waals surface area (Å²) in [6.07, 6.45) is 1.75. The SMILES string of the molecule is Br.CCOc1ccc(/C=N/Nc2nc(-c3ccc(OC)cc3)cs2)cc1. The summed E-state index contributed by atoms with van der Waals surface area (Å²) in [6.45, 7) is 2.63. The summed E-state index contributed by atoms with van der Waals surface area (Å²) >= 11 is 1.51. The summed E-state index contributed by atoms with van der Waals surface area (Å²) < 4.78 is 10.6. The zero-order chi connectivity index (χ0) is 17.5. The van der Waals surface area contributed by atoms with Crippen molar-refractivity contribution in [2.45, 2.75) is 6.92 Å². The first kappa shape index (κ1) is 19.9. The molecule has 0 aliphatic rings. The third-order valence-electron chi connectivity index (χ3n) is 3.45. The average molecular weight is 434 g/mol. The molecule has 1 aromatic heterocycles. The molecule has 0 aliphatic carbocycles. The fourth-order valence-corrected chi connectivity index (χ4v) is 2.87. The average Bonchev–Trinajstić information content (AvgIpc) is 3.12. The molecule has 0 amide bonds. The summed E-state index contributed by atoms with van der Waals surface area (Å²) in [7, 11) is 1.66. The van der Waals surface area contributed by atoms with Gasteiger partial charge in [-0.05, 0) is 61.0 Å². The topological polar surface area (TPSA) is 55.7 Å². The predicted octanol–water partition coefficient (Wildman–Crippen LogP) is 5.24. The molecule has 0 atom stereocenters. The molecule has 0 bridgehead atoms. The van der Waals surface area contributed by atoms with E-state index in [1.54, 1.807) is 13.3 Å². The number of nitrogens with one attached hydrogen (secondary N) is 1. The van der Waals surface area contributed by atoms with Gasteiger partial charge in [0.15, 0.2) is 0 Å². The Morgan fingerprint density at radius 3 is 2.42 bits per heavy atom. The van der Waals surface area contributed by atoms with Gasteiger partial charge in [-0.2, -0.15) is 5.10 Å². The molecule has 0 saturated heterocycles. The van der Waals surface area contributed by atoms with Crippen molar-refractivity contribution in [2.75, 3.05) is 19.1 Å². The Morgan fingerprint density at radius 2 is 1.77 bits per heavy atom. The number of thiazole rings is 1. The number of rotatable bonds is 7. The minimum Gasteiger partial charge on any atom is -0.497 e. The van der Waals surface area contributed by atoms with Gasteiger partial charge in [-0.25, -0.2) is 4.98 Å². The number of methoxy groups -OCH3 is 1. The van der Waals surface area contributed by atoms with Crippen molar-refractivity contribution >= 4 is 39.7 Å². The van der Waals surface area contributed by atoms with Crippen LogP contribution in [0.1, 0.15) is 12.5 Å². The van der Waals surface area contributed by atoms with Gasteiger partial charge in [0, 0.05) is 10.9 Å². The first-order valence-corrected chi connectivity index (χ1v) is 8.78. The molecule has 1 heterocycles. The van der Waals surface area contributed by atoms with Crippen molar-refractivity contribution in [3.8, 4) is 22.8 Å². The molecule has 1 N–H and O–H groups in total. The lowest BCUT2D eigenvalue weighted by Gasteiger charge is -2.02. The van der Waals surface area contributed by atoms with Gasteiger partial charge < -0.3 is 9.47 Å². The van der Waals surface area contributed by atoms with Gasteiger partial charge in [0.25, 0.3) is 0 Å². The predicted molar refractivity (Wildman–Crippen MR) is 113 cm³/mol. The summed E-state index contributed by atoms with van der Waals surface area (Å²) in [5.74, 6) is 1.69. The molecule has 5 nitrogen and oxygen atoms in total. The number of hydrogen-bond acceptors (Lipinski definition) is 6. The van der Waals surface area contributed by atoms with Crippen LogP contribution in [0.2, 0.25) is 0 Å². The molecule has 7 heteroatoms. The molecule has 0 aliphatic heterocycles. The fraction of sp³-hybridized carbons (Fsp3) is 0.158. The molecule has 0 unspecified atom stereocenters. The second-order valence-electron chi connectivity index (χ2n) is 5.14. The zero-order valence-electron chi connectivity index (χ0n) is 14.5. The van der Waals surface area contributed by atoms with E-state index in [0.29, 0.717) is 6.61 Å². The molecule has 26 heavy (non-hydrogen) atoms. The van der Waals surface area contributed by atoms with Crippen LogP contribution in [-0.4, -0.2) is 24.9 Å². The van der Waals surface area contributed by atoms with E-state index in [-0.39, 0.29) is 17.0 Å². The number of nitrogens with zero attached hydrogens (tertiary/aromatic N) is 2. The van der Waals surface area contributed by atoms with Crippen LogP contribution in [0.3, 0.4) is 0 Å². The van der Waals surface area contributed by atoms with E-state index < -0.39 is 0 Å². The van der Waals surface area contributed by atoms with Crippen LogP contribution >= 0.6 is 28.3 Å². The van der Waals surface area contributed by atoms with E-state index in [0.717, 1.165) is 33.5 Å². The van der Waals surface area contributed by atoms with Crippen LogP contribution in [-0.2, 0) is 0 Å². The maximum absolute atomic E-state index is 5.42. The smallest absolute Gasteiger partial charge is 0.203 e. The van der Waals surface area contributed by atoms with Gasteiger partial charge >= 0.3 is 0 Å². The standard InChI is InChI=1S/C19H19N3O2S.BrH/c1-3-24-17-8-4-14(5-9-17)12-20-22-19-21-18(13-25-19)15-6-10-16(23-2)11-7-15;/h4-13H,3H2,1-2H3,(H,21,22);1H/b20-12+;. The van der Waals surface area contributed by atoms with E-state index in [4.69, 9.17) is 9.47 Å². The van der Waals surface area contributed by atoms with Crippen LogP contribution in [0.5, 0.6) is 11.5 Å². The van der Waals surface area contributed by atoms with Gasteiger partial charge in [0.2, 0.25) is 5.13 Å². The maximum atomic E-state index is 5.42. The highest BCUT2D eigenvalue weighted by molar-refractivity contribution is 8.93. The molecule has 0 fully saturated rings. The van der Waals surface area contributed by atoms with Crippen LogP contribution in [0.25, 0.3) is 11.3 Å². The first-order valence-electron chi connectivity index (χ1n) is 7.90. The van der Waals surface area contributed by atoms with Crippen molar-refractivity contribution < 1.29 is 9.47 Å². The lowest BCUT2D eigenvalue weighted by molar-refractivity contribution is 0.340. The van der Waals surface area contributed by atoms with Gasteiger partial charge in [-0.1, -0.05) is 0 Å².